The molecule has 0 unspecified atom stereocenters. The number of aromatic nitrogens is 1. The minimum Gasteiger partial charge on any atom is -0.493 e. The number of pyridine rings is 1. The average molecular weight is 411 g/mol. The molecule has 0 radical (unpaired) electrons. The van der Waals surface area contributed by atoms with Crippen LogP contribution in [0.5, 0.6) is 11.5 Å². The number of fused-ring (bicyclic) bond motifs is 1. The van der Waals surface area contributed by atoms with Gasteiger partial charge in [0.05, 0.1) is 13.7 Å². The SMILES string of the molecule is CCCOc1c(CN(C)C(=O)C=Cc2cnc3c(c2)CNCCN3)cccc1OC. The van der Waals surface area contributed by atoms with Crippen LogP contribution in [0.2, 0.25) is 0 Å². The van der Waals surface area contributed by atoms with Crippen molar-refractivity contribution in [3.05, 3.63) is 53.2 Å². The first-order valence-corrected chi connectivity index (χ1v) is 10.3. The van der Waals surface area contributed by atoms with Gasteiger partial charge in [-0.15, -0.1) is 0 Å². The van der Waals surface area contributed by atoms with E-state index in [-0.39, 0.29) is 5.91 Å². The fourth-order valence-electron chi connectivity index (χ4n) is 3.25. The second-order valence-corrected chi connectivity index (χ2v) is 7.20. The summed E-state index contributed by atoms with van der Waals surface area (Å²) in [5, 5.41) is 6.64. The van der Waals surface area contributed by atoms with E-state index in [1.165, 1.54) is 0 Å². The number of amides is 1. The van der Waals surface area contributed by atoms with Crippen molar-refractivity contribution in [1.82, 2.24) is 15.2 Å². The van der Waals surface area contributed by atoms with Crippen molar-refractivity contribution < 1.29 is 14.3 Å². The molecule has 0 saturated heterocycles. The summed E-state index contributed by atoms with van der Waals surface area (Å²) in [6, 6.07) is 7.78. The molecule has 2 heterocycles. The zero-order valence-electron chi connectivity index (χ0n) is 17.9. The molecule has 160 valence electrons. The summed E-state index contributed by atoms with van der Waals surface area (Å²) in [4.78, 5) is 18.8. The molecule has 1 aromatic heterocycles. The van der Waals surface area contributed by atoms with E-state index in [4.69, 9.17) is 9.47 Å². The Labute approximate surface area is 178 Å². The van der Waals surface area contributed by atoms with E-state index in [1.54, 1.807) is 37.4 Å². The molecule has 1 amide bonds. The Kier molecular flexibility index (Phi) is 7.68. The Hall–Kier alpha value is -3.06. The van der Waals surface area contributed by atoms with E-state index in [0.29, 0.717) is 24.7 Å². The van der Waals surface area contributed by atoms with Gasteiger partial charge in [0, 0.05) is 56.6 Å². The lowest BCUT2D eigenvalue weighted by Crippen LogP contribution is -2.24. The number of hydrogen-bond donors (Lipinski definition) is 2. The molecule has 1 aromatic carbocycles. The highest BCUT2D eigenvalue weighted by Crippen LogP contribution is 2.32. The zero-order valence-corrected chi connectivity index (χ0v) is 17.9. The largest absolute Gasteiger partial charge is 0.493 e. The van der Waals surface area contributed by atoms with Crippen molar-refractivity contribution in [2.45, 2.75) is 26.4 Å². The summed E-state index contributed by atoms with van der Waals surface area (Å²) in [5.74, 6) is 2.18. The van der Waals surface area contributed by atoms with Crippen LogP contribution in [0.1, 0.15) is 30.0 Å². The van der Waals surface area contributed by atoms with Crippen molar-refractivity contribution in [3.63, 3.8) is 0 Å². The van der Waals surface area contributed by atoms with Gasteiger partial charge in [-0.25, -0.2) is 4.98 Å². The maximum atomic E-state index is 12.7. The van der Waals surface area contributed by atoms with E-state index < -0.39 is 0 Å². The number of nitrogens with zero attached hydrogens (tertiary/aromatic N) is 2. The summed E-state index contributed by atoms with van der Waals surface area (Å²) in [5.41, 5.74) is 2.91. The van der Waals surface area contributed by atoms with E-state index in [0.717, 1.165) is 48.6 Å². The van der Waals surface area contributed by atoms with Gasteiger partial charge in [-0.3, -0.25) is 4.79 Å². The Balaban J connectivity index is 1.68. The molecule has 2 N–H and O–H groups in total. The van der Waals surface area contributed by atoms with Gasteiger partial charge in [-0.2, -0.15) is 0 Å². The van der Waals surface area contributed by atoms with Crippen molar-refractivity contribution in [1.29, 1.82) is 0 Å². The fraction of sp³-hybridized carbons (Fsp3) is 0.391. The zero-order chi connectivity index (χ0) is 21.3. The number of benzene rings is 1. The van der Waals surface area contributed by atoms with E-state index in [9.17, 15) is 4.79 Å². The third-order valence-electron chi connectivity index (χ3n) is 4.83. The molecule has 3 rings (SSSR count). The molecule has 1 aliphatic rings. The van der Waals surface area contributed by atoms with Crippen LogP contribution in [0.3, 0.4) is 0 Å². The predicted molar refractivity (Wildman–Crippen MR) is 119 cm³/mol. The van der Waals surface area contributed by atoms with Crippen LogP contribution in [0.4, 0.5) is 5.82 Å². The third-order valence-corrected chi connectivity index (χ3v) is 4.83. The number of nitrogens with one attached hydrogen (secondary N) is 2. The highest BCUT2D eigenvalue weighted by Gasteiger charge is 2.14. The van der Waals surface area contributed by atoms with Crippen molar-refractivity contribution in [2.24, 2.45) is 0 Å². The molecule has 0 fully saturated rings. The molecule has 2 aromatic rings. The first-order chi connectivity index (χ1) is 14.6. The fourth-order valence-corrected chi connectivity index (χ4v) is 3.25. The van der Waals surface area contributed by atoms with Gasteiger partial charge in [-0.1, -0.05) is 19.1 Å². The molecular weight excluding hydrogens is 380 g/mol. The number of anilines is 1. The van der Waals surface area contributed by atoms with Crippen LogP contribution >= 0.6 is 0 Å². The molecule has 0 saturated carbocycles. The first kappa shape index (κ1) is 21.6. The van der Waals surface area contributed by atoms with Crippen LogP contribution in [0.25, 0.3) is 6.08 Å². The van der Waals surface area contributed by atoms with Crippen molar-refractivity contribution in [3.8, 4) is 11.5 Å². The molecule has 0 aliphatic carbocycles. The van der Waals surface area contributed by atoms with Gasteiger partial charge in [0.25, 0.3) is 0 Å². The normalized spacial score (nSPS) is 13.3. The summed E-state index contributed by atoms with van der Waals surface area (Å²) < 4.78 is 11.3. The summed E-state index contributed by atoms with van der Waals surface area (Å²) in [7, 11) is 3.40. The van der Waals surface area contributed by atoms with Crippen LogP contribution in [0.15, 0.2) is 36.5 Å². The van der Waals surface area contributed by atoms with E-state index in [1.807, 2.05) is 18.2 Å². The average Bonchev–Trinajstić information content (AvgIpc) is 3.01. The Morgan fingerprint density at radius 3 is 3.00 bits per heavy atom. The Morgan fingerprint density at radius 2 is 2.20 bits per heavy atom. The molecule has 1 aliphatic heterocycles. The Bertz CT molecular complexity index is 898. The topological polar surface area (TPSA) is 75.7 Å². The minimum absolute atomic E-state index is 0.0922. The number of likely N-dealkylation sites (N-methyl/N-ethyl adjacent to an activating group) is 1. The van der Waals surface area contributed by atoms with Crippen LogP contribution < -0.4 is 20.1 Å². The molecule has 0 bridgehead atoms. The number of hydrogen-bond acceptors (Lipinski definition) is 6. The molecule has 0 atom stereocenters. The monoisotopic (exact) mass is 410 g/mol. The van der Waals surface area contributed by atoms with Gasteiger partial charge in [-0.05, 0) is 30.2 Å². The van der Waals surface area contributed by atoms with Gasteiger partial charge in [0.2, 0.25) is 5.91 Å². The second-order valence-electron chi connectivity index (χ2n) is 7.20. The van der Waals surface area contributed by atoms with Gasteiger partial charge in [0.1, 0.15) is 5.82 Å². The van der Waals surface area contributed by atoms with Crippen LogP contribution in [0, 0.1) is 0 Å². The van der Waals surface area contributed by atoms with E-state index in [2.05, 4.69) is 28.6 Å². The highest BCUT2D eigenvalue weighted by atomic mass is 16.5. The first-order valence-electron chi connectivity index (χ1n) is 10.3. The lowest BCUT2D eigenvalue weighted by molar-refractivity contribution is -0.125. The number of ether oxygens (including phenoxy) is 2. The van der Waals surface area contributed by atoms with Gasteiger partial charge < -0.3 is 25.0 Å². The maximum Gasteiger partial charge on any atom is 0.246 e. The van der Waals surface area contributed by atoms with Crippen molar-refractivity contribution >= 4 is 17.8 Å². The molecule has 30 heavy (non-hydrogen) atoms. The minimum atomic E-state index is -0.0922. The van der Waals surface area contributed by atoms with Crippen molar-refractivity contribution in [2.75, 3.05) is 39.2 Å². The smallest absolute Gasteiger partial charge is 0.246 e. The summed E-state index contributed by atoms with van der Waals surface area (Å²) in [6.07, 6.45) is 6.05. The number of carbonyl (C=O) groups excluding carboxylic acids is 1. The molecular formula is C23H30N4O3. The highest BCUT2D eigenvalue weighted by molar-refractivity contribution is 5.91. The van der Waals surface area contributed by atoms with Crippen LogP contribution in [-0.4, -0.2) is 49.6 Å². The third kappa shape index (κ3) is 5.51. The molecule has 7 heteroatoms. The molecule has 0 spiro atoms. The summed E-state index contributed by atoms with van der Waals surface area (Å²) >= 11 is 0. The lowest BCUT2D eigenvalue weighted by Gasteiger charge is -2.19. The standard InChI is InChI=1S/C23H30N4O3/c1-4-12-30-22-18(6-5-7-20(22)29-3)16-27(2)21(28)9-8-17-13-19-15-24-10-11-25-23(19)26-14-17/h5-9,13-14,24H,4,10-12,15-16H2,1-3H3,(H,25,26). The van der Waals surface area contributed by atoms with Gasteiger partial charge >= 0.3 is 0 Å². The molecule has 7 nitrogen and oxygen atoms in total. The number of methoxy groups -OCH3 is 1. The lowest BCUT2D eigenvalue weighted by atomic mass is 10.1. The number of carbonyl (C=O) groups is 1. The second kappa shape index (κ2) is 10.6. The number of para-hydroxylation sites is 1. The van der Waals surface area contributed by atoms with Gasteiger partial charge in [0.15, 0.2) is 11.5 Å². The predicted octanol–water partition coefficient (Wildman–Crippen LogP) is 3.07. The number of rotatable bonds is 8. The van der Waals surface area contributed by atoms with E-state index >= 15 is 0 Å². The summed E-state index contributed by atoms with van der Waals surface area (Å²) in [6.45, 7) is 5.60. The Morgan fingerprint density at radius 1 is 1.33 bits per heavy atom. The van der Waals surface area contributed by atoms with Crippen LogP contribution in [-0.2, 0) is 17.9 Å². The maximum absolute atomic E-state index is 12.7. The quantitative estimate of drug-likeness (QED) is 0.652.